The van der Waals surface area contributed by atoms with Gasteiger partial charge >= 0.3 is 0 Å². The average molecular weight is 445 g/mol. The smallest absolute Gasteiger partial charge is 0.234 e. The summed E-state index contributed by atoms with van der Waals surface area (Å²) in [6.45, 7) is 2.35. The summed E-state index contributed by atoms with van der Waals surface area (Å²) >= 11 is 1.74. The van der Waals surface area contributed by atoms with Crippen molar-refractivity contribution in [1.29, 1.82) is 0 Å². The third kappa shape index (κ3) is 3.30. The van der Waals surface area contributed by atoms with E-state index in [1.165, 1.54) is 4.88 Å². The predicted molar refractivity (Wildman–Crippen MR) is 123 cm³/mol. The van der Waals surface area contributed by atoms with E-state index in [4.69, 9.17) is 4.74 Å². The molecule has 3 heterocycles. The van der Waals surface area contributed by atoms with Gasteiger partial charge in [-0.3, -0.25) is 9.59 Å². The number of hydrogen-bond acceptors (Lipinski definition) is 4. The summed E-state index contributed by atoms with van der Waals surface area (Å²) in [4.78, 5) is 31.8. The Hall–Kier alpha value is -3.12. The summed E-state index contributed by atoms with van der Waals surface area (Å²) in [5.41, 5.74) is 1.82. The van der Waals surface area contributed by atoms with Gasteiger partial charge in [-0.25, -0.2) is 0 Å². The first kappa shape index (κ1) is 19.6. The van der Waals surface area contributed by atoms with Crippen LogP contribution in [0.1, 0.15) is 34.3 Å². The Morgan fingerprint density at radius 3 is 1.97 bits per heavy atom. The number of piperazine rings is 1. The van der Waals surface area contributed by atoms with Gasteiger partial charge in [-0.15, -0.1) is 11.3 Å². The number of carbonyl (C=O) groups excluding carboxylic acids is 2. The minimum absolute atomic E-state index is 0.0863. The van der Waals surface area contributed by atoms with Crippen LogP contribution in [-0.4, -0.2) is 47.8 Å². The van der Waals surface area contributed by atoms with E-state index >= 15 is 0 Å². The van der Waals surface area contributed by atoms with Crippen LogP contribution >= 0.6 is 11.3 Å². The second-order valence-electron chi connectivity index (χ2n) is 8.73. The van der Waals surface area contributed by atoms with E-state index < -0.39 is 0 Å². The Morgan fingerprint density at radius 2 is 1.38 bits per heavy atom. The monoisotopic (exact) mass is 444 g/mol. The molecule has 6 heteroatoms. The molecule has 1 aliphatic carbocycles. The zero-order valence-corrected chi connectivity index (χ0v) is 18.5. The Balaban J connectivity index is 1.16. The highest BCUT2D eigenvalue weighted by Crippen LogP contribution is 2.50. The molecule has 0 radical (unpaired) electrons. The maximum absolute atomic E-state index is 13.7. The fraction of sp³-hybridized carbons (Fsp3) is 0.308. The molecule has 5 nitrogen and oxygen atoms in total. The third-order valence-corrected chi connectivity index (χ3v) is 7.85. The lowest BCUT2D eigenvalue weighted by Gasteiger charge is -2.38. The SMILES string of the molecule is O=C(C1c2ccccc2Oc2ccccc21)N1CCN(C(=O)C2CC2c2cccs2)CC1. The highest BCUT2D eigenvalue weighted by Gasteiger charge is 2.47. The van der Waals surface area contributed by atoms with Crippen molar-refractivity contribution in [2.24, 2.45) is 5.92 Å². The molecule has 2 amide bonds. The van der Waals surface area contributed by atoms with Crippen LogP contribution in [0.2, 0.25) is 0 Å². The standard InChI is InChI=1S/C26H24N2O3S/c29-25(20-16-19(20)23-10-5-15-32-23)27-11-13-28(14-12-27)26(30)24-17-6-1-3-8-21(17)31-22-9-4-2-7-18(22)24/h1-10,15,19-20,24H,11-14,16H2. The van der Waals surface area contributed by atoms with Crippen LogP contribution in [0.25, 0.3) is 0 Å². The van der Waals surface area contributed by atoms with Gasteiger partial charge in [0, 0.05) is 54.0 Å². The van der Waals surface area contributed by atoms with Gasteiger partial charge in [0.05, 0.1) is 5.92 Å². The number of benzene rings is 2. The van der Waals surface area contributed by atoms with Gasteiger partial charge < -0.3 is 14.5 Å². The molecule has 1 saturated heterocycles. The lowest BCUT2D eigenvalue weighted by molar-refractivity contribution is -0.140. The molecule has 2 fully saturated rings. The molecule has 6 rings (SSSR count). The zero-order chi connectivity index (χ0) is 21.7. The van der Waals surface area contributed by atoms with Crippen molar-refractivity contribution in [3.05, 3.63) is 82.0 Å². The topological polar surface area (TPSA) is 49.9 Å². The fourth-order valence-corrected chi connectivity index (χ4v) is 5.93. The molecule has 0 N–H and O–H groups in total. The van der Waals surface area contributed by atoms with E-state index in [9.17, 15) is 9.59 Å². The molecule has 0 bridgehead atoms. The highest BCUT2D eigenvalue weighted by atomic mass is 32.1. The minimum Gasteiger partial charge on any atom is -0.457 e. The number of thiophene rings is 1. The molecule has 1 saturated carbocycles. The van der Waals surface area contributed by atoms with E-state index in [1.807, 2.05) is 58.3 Å². The molecular weight excluding hydrogens is 420 g/mol. The van der Waals surface area contributed by atoms with Crippen molar-refractivity contribution in [3.63, 3.8) is 0 Å². The van der Waals surface area contributed by atoms with Gasteiger partial charge in [0.1, 0.15) is 11.5 Å². The van der Waals surface area contributed by atoms with Crippen LogP contribution in [-0.2, 0) is 9.59 Å². The molecule has 2 unspecified atom stereocenters. The number of rotatable bonds is 3. The Bertz CT molecular complexity index is 1120. The van der Waals surface area contributed by atoms with Crippen molar-refractivity contribution in [2.75, 3.05) is 26.2 Å². The van der Waals surface area contributed by atoms with Crippen LogP contribution in [0.5, 0.6) is 11.5 Å². The lowest BCUT2D eigenvalue weighted by Crippen LogP contribution is -2.52. The summed E-state index contributed by atoms with van der Waals surface area (Å²) in [6, 6.07) is 19.7. The molecule has 2 aromatic carbocycles. The Morgan fingerprint density at radius 1 is 0.781 bits per heavy atom. The quantitative estimate of drug-likeness (QED) is 0.599. The third-order valence-electron chi connectivity index (χ3n) is 6.85. The average Bonchev–Trinajstić information content (AvgIpc) is 3.45. The number of fused-ring (bicyclic) bond motifs is 2. The molecule has 32 heavy (non-hydrogen) atoms. The van der Waals surface area contributed by atoms with Gasteiger partial charge in [0.25, 0.3) is 0 Å². The number of para-hydroxylation sites is 2. The van der Waals surface area contributed by atoms with Crippen molar-refractivity contribution in [1.82, 2.24) is 9.80 Å². The highest BCUT2D eigenvalue weighted by molar-refractivity contribution is 7.10. The van der Waals surface area contributed by atoms with Crippen LogP contribution in [0.4, 0.5) is 0 Å². The van der Waals surface area contributed by atoms with E-state index in [-0.39, 0.29) is 23.7 Å². The van der Waals surface area contributed by atoms with E-state index in [1.54, 1.807) is 11.3 Å². The van der Waals surface area contributed by atoms with Gasteiger partial charge in [0.15, 0.2) is 0 Å². The first-order chi connectivity index (χ1) is 15.7. The molecule has 3 aliphatic rings. The second-order valence-corrected chi connectivity index (χ2v) is 9.70. The van der Waals surface area contributed by atoms with Crippen LogP contribution in [0, 0.1) is 5.92 Å². The number of amides is 2. The second kappa shape index (κ2) is 7.78. The van der Waals surface area contributed by atoms with Crippen molar-refractivity contribution < 1.29 is 14.3 Å². The summed E-state index contributed by atoms with van der Waals surface area (Å²) in [5, 5.41) is 2.08. The predicted octanol–water partition coefficient (Wildman–Crippen LogP) is 4.46. The summed E-state index contributed by atoms with van der Waals surface area (Å²) in [5.74, 6) is 1.95. The maximum atomic E-state index is 13.7. The number of hydrogen-bond donors (Lipinski definition) is 0. The first-order valence-electron chi connectivity index (χ1n) is 11.2. The lowest BCUT2D eigenvalue weighted by atomic mass is 9.86. The minimum atomic E-state index is -0.370. The normalized spacial score (nSPS) is 22.0. The fourth-order valence-electron chi connectivity index (χ4n) is 5.02. The van der Waals surface area contributed by atoms with Crippen LogP contribution in [0.3, 0.4) is 0 Å². The number of ether oxygens (including phenoxy) is 1. The zero-order valence-electron chi connectivity index (χ0n) is 17.6. The molecule has 2 aliphatic heterocycles. The molecule has 1 aromatic heterocycles. The van der Waals surface area contributed by atoms with Crippen molar-refractivity contribution in [3.8, 4) is 11.5 Å². The van der Waals surface area contributed by atoms with E-state index in [2.05, 4.69) is 17.5 Å². The van der Waals surface area contributed by atoms with Gasteiger partial charge in [-0.1, -0.05) is 42.5 Å². The molecular formula is C26H24N2O3S. The van der Waals surface area contributed by atoms with Gasteiger partial charge in [-0.2, -0.15) is 0 Å². The van der Waals surface area contributed by atoms with Crippen LogP contribution in [0.15, 0.2) is 66.0 Å². The van der Waals surface area contributed by atoms with Crippen molar-refractivity contribution >= 4 is 23.2 Å². The number of carbonyl (C=O) groups is 2. The molecule has 162 valence electrons. The molecule has 3 aromatic rings. The van der Waals surface area contributed by atoms with E-state index in [0.29, 0.717) is 32.1 Å². The van der Waals surface area contributed by atoms with Gasteiger partial charge in [0.2, 0.25) is 11.8 Å². The van der Waals surface area contributed by atoms with E-state index in [0.717, 1.165) is 29.0 Å². The van der Waals surface area contributed by atoms with Crippen LogP contribution < -0.4 is 4.74 Å². The Labute approximate surface area is 191 Å². The summed E-state index contributed by atoms with van der Waals surface area (Å²) in [6.07, 6.45) is 0.953. The molecule has 0 spiro atoms. The first-order valence-corrected chi connectivity index (χ1v) is 12.1. The van der Waals surface area contributed by atoms with Crippen molar-refractivity contribution in [2.45, 2.75) is 18.3 Å². The summed E-state index contributed by atoms with van der Waals surface area (Å²) < 4.78 is 6.04. The largest absolute Gasteiger partial charge is 0.457 e. The molecule has 2 atom stereocenters. The summed E-state index contributed by atoms with van der Waals surface area (Å²) in [7, 11) is 0. The Kier molecular flexibility index (Phi) is 4.76. The van der Waals surface area contributed by atoms with Gasteiger partial charge in [-0.05, 0) is 30.0 Å². The maximum Gasteiger partial charge on any atom is 0.234 e. The number of nitrogens with zero attached hydrogens (tertiary/aromatic N) is 2.